The van der Waals surface area contributed by atoms with Crippen LogP contribution in [0.3, 0.4) is 0 Å². The topological polar surface area (TPSA) is 135 Å². The number of ether oxygens (including phenoxy) is 2. The van der Waals surface area contributed by atoms with Gasteiger partial charge in [0, 0.05) is 38.4 Å². The monoisotopic (exact) mass is 456 g/mol. The highest BCUT2D eigenvalue weighted by molar-refractivity contribution is 5.88. The molecule has 0 radical (unpaired) electrons. The van der Waals surface area contributed by atoms with Crippen molar-refractivity contribution in [2.24, 2.45) is 0 Å². The fraction of sp³-hybridized carbons (Fsp3) is 0.524. The van der Waals surface area contributed by atoms with Crippen LogP contribution in [0.25, 0.3) is 0 Å². The highest BCUT2D eigenvalue weighted by Gasteiger charge is 2.28. The molecule has 33 heavy (non-hydrogen) atoms. The van der Waals surface area contributed by atoms with Crippen LogP contribution in [0.1, 0.15) is 32.6 Å². The molecule has 12 nitrogen and oxygen atoms in total. The number of piperidine rings is 1. The standard InChI is InChI=1S/C21H28N8O4/c1-3-32-18-12-23-16(11-24-18)26-20(30)28(2)15-5-4-10-29(13-15)19-22-9-8-17(27-19)33-21(31)25-14-6-7-14/h8-9,11-12,14-15H,3-7,10,13H2,1-2H3,(H,25,31)(H,23,26,30)/t15-/m1/s1. The number of hydrogen-bond acceptors (Lipinski definition) is 9. The average molecular weight is 457 g/mol. The minimum absolute atomic E-state index is 0.0549. The lowest BCUT2D eigenvalue weighted by Gasteiger charge is -2.37. The second-order valence-electron chi connectivity index (χ2n) is 7.96. The summed E-state index contributed by atoms with van der Waals surface area (Å²) in [6.45, 7) is 3.65. The molecule has 2 N–H and O–H groups in total. The lowest BCUT2D eigenvalue weighted by Crippen LogP contribution is -2.50. The molecule has 12 heteroatoms. The van der Waals surface area contributed by atoms with Crippen molar-refractivity contribution in [1.82, 2.24) is 30.2 Å². The SMILES string of the molecule is CCOc1cnc(NC(=O)N(C)[C@@H]2CCCN(c3nccc(OC(=O)NC4CC4)n3)C2)cn1. The maximum Gasteiger partial charge on any atom is 0.414 e. The van der Waals surface area contributed by atoms with Gasteiger partial charge in [0.2, 0.25) is 17.7 Å². The first kappa shape index (κ1) is 22.5. The van der Waals surface area contributed by atoms with Gasteiger partial charge in [-0.25, -0.2) is 24.5 Å². The maximum atomic E-state index is 12.7. The number of urea groups is 1. The van der Waals surface area contributed by atoms with Gasteiger partial charge in [0.1, 0.15) is 0 Å². The second kappa shape index (κ2) is 10.3. The smallest absolute Gasteiger partial charge is 0.414 e. The van der Waals surface area contributed by atoms with Crippen LogP contribution < -0.4 is 25.0 Å². The Morgan fingerprint density at radius 3 is 2.76 bits per heavy atom. The number of aromatic nitrogens is 4. The Kier molecular flexibility index (Phi) is 7.01. The van der Waals surface area contributed by atoms with Crippen molar-refractivity contribution >= 4 is 23.9 Å². The molecular formula is C21H28N8O4. The Labute approximate surface area is 191 Å². The number of nitrogens with one attached hydrogen (secondary N) is 2. The van der Waals surface area contributed by atoms with Crippen molar-refractivity contribution in [3.05, 3.63) is 24.7 Å². The Morgan fingerprint density at radius 1 is 1.18 bits per heavy atom. The number of amides is 3. The molecule has 2 aliphatic rings. The summed E-state index contributed by atoms with van der Waals surface area (Å²) >= 11 is 0. The predicted octanol–water partition coefficient (Wildman–Crippen LogP) is 2.05. The zero-order valence-corrected chi connectivity index (χ0v) is 18.7. The average Bonchev–Trinajstić information content (AvgIpc) is 3.64. The highest BCUT2D eigenvalue weighted by Crippen LogP contribution is 2.22. The third-order valence-corrected chi connectivity index (χ3v) is 5.42. The summed E-state index contributed by atoms with van der Waals surface area (Å²) in [5, 5.41) is 5.52. The van der Waals surface area contributed by atoms with Gasteiger partial charge in [0.15, 0.2) is 5.82 Å². The van der Waals surface area contributed by atoms with Gasteiger partial charge in [-0.2, -0.15) is 4.98 Å². The van der Waals surface area contributed by atoms with E-state index in [-0.39, 0.29) is 24.0 Å². The normalized spacial score (nSPS) is 17.8. The molecule has 2 aromatic rings. The van der Waals surface area contributed by atoms with E-state index in [1.807, 2.05) is 11.8 Å². The van der Waals surface area contributed by atoms with E-state index in [1.54, 1.807) is 24.2 Å². The van der Waals surface area contributed by atoms with Crippen LogP contribution in [0.4, 0.5) is 21.4 Å². The number of likely N-dealkylation sites (N-methyl/N-ethyl adjacent to an activating group) is 1. The lowest BCUT2D eigenvalue weighted by atomic mass is 10.1. The van der Waals surface area contributed by atoms with Gasteiger partial charge in [-0.3, -0.25) is 5.32 Å². The Morgan fingerprint density at radius 2 is 2.03 bits per heavy atom. The van der Waals surface area contributed by atoms with Crippen molar-refractivity contribution in [2.75, 3.05) is 37.0 Å². The number of carbonyl (C=O) groups excluding carboxylic acids is 2. The fourth-order valence-corrected chi connectivity index (χ4v) is 3.48. The van der Waals surface area contributed by atoms with Gasteiger partial charge in [-0.15, -0.1) is 0 Å². The van der Waals surface area contributed by atoms with Crippen LogP contribution in [-0.4, -0.2) is 75.8 Å². The van der Waals surface area contributed by atoms with Crippen molar-refractivity contribution in [3.8, 4) is 11.8 Å². The van der Waals surface area contributed by atoms with Gasteiger partial charge in [0.25, 0.3) is 0 Å². The minimum atomic E-state index is -0.507. The molecule has 176 valence electrons. The van der Waals surface area contributed by atoms with Gasteiger partial charge in [-0.1, -0.05) is 0 Å². The summed E-state index contributed by atoms with van der Waals surface area (Å²) < 4.78 is 10.5. The molecule has 0 bridgehead atoms. The second-order valence-corrected chi connectivity index (χ2v) is 7.96. The van der Waals surface area contributed by atoms with E-state index in [9.17, 15) is 9.59 Å². The number of hydrogen-bond donors (Lipinski definition) is 2. The molecule has 0 aromatic carbocycles. The van der Waals surface area contributed by atoms with Crippen molar-refractivity contribution < 1.29 is 19.1 Å². The molecule has 2 fully saturated rings. The summed E-state index contributed by atoms with van der Waals surface area (Å²) in [7, 11) is 1.74. The van der Waals surface area contributed by atoms with E-state index in [2.05, 4.69) is 30.6 Å². The zero-order chi connectivity index (χ0) is 23.2. The molecule has 0 spiro atoms. The molecule has 1 saturated heterocycles. The molecule has 1 aliphatic heterocycles. The predicted molar refractivity (Wildman–Crippen MR) is 119 cm³/mol. The van der Waals surface area contributed by atoms with Gasteiger partial charge >= 0.3 is 12.1 Å². The molecule has 3 amide bonds. The Balaban J connectivity index is 1.33. The molecule has 3 heterocycles. The van der Waals surface area contributed by atoms with Crippen LogP contribution in [0.5, 0.6) is 11.8 Å². The van der Waals surface area contributed by atoms with Crippen molar-refractivity contribution in [3.63, 3.8) is 0 Å². The minimum Gasteiger partial charge on any atom is -0.477 e. The quantitative estimate of drug-likeness (QED) is 0.642. The third kappa shape index (κ3) is 6.18. The summed E-state index contributed by atoms with van der Waals surface area (Å²) in [6, 6.07) is 1.42. The van der Waals surface area contributed by atoms with Crippen LogP contribution in [-0.2, 0) is 0 Å². The fourth-order valence-electron chi connectivity index (χ4n) is 3.48. The molecule has 1 aliphatic carbocycles. The molecule has 4 rings (SSSR count). The Bertz CT molecular complexity index is 969. The lowest BCUT2D eigenvalue weighted by molar-refractivity contribution is 0.194. The first-order valence-corrected chi connectivity index (χ1v) is 11.1. The summed E-state index contributed by atoms with van der Waals surface area (Å²) in [6.07, 6.45) is 7.65. The molecule has 1 atom stereocenters. The third-order valence-electron chi connectivity index (χ3n) is 5.42. The van der Waals surface area contributed by atoms with E-state index in [0.717, 1.165) is 32.2 Å². The summed E-state index contributed by atoms with van der Waals surface area (Å²) in [5.41, 5.74) is 0. The number of rotatable bonds is 7. The first-order valence-electron chi connectivity index (χ1n) is 11.1. The van der Waals surface area contributed by atoms with E-state index >= 15 is 0 Å². The summed E-state index contributed by atoms with van der Waals surface area (Å²) in [5.74, 6) is 1.41. The van der Waals surface area contributed by atoms with Crippen LogP contribution in [0.2, 0.25) is 0 Å². The van der Waals surface area contributed by atoms with Crippen LogP contribution in [0, 0.1) is 0 Å². The largest absolute Gasteiger partial charge is 0.477 e. The van der Waals surface area contributed by atoms with Crippen molar-refractivity contribution in [2.45, 2.75) is 44.7 Å². The van der Waals surface area contributed by atoms with Gasteiger partial charge in [0.05, 0.1) is 25.0 Å². The molecule has 0 unspecified atom stereocenters. The van der Waals surface area contributed by atoms with E-state index in [4.69, 9.17) is 9.47 Å². The van der Waals surface area contributed by atoms with Crippen LogP contribution >= 0.6 is 0 Å². The van der Waals surface area contributed by atoms with E-state index < -0.39 is 6.09 Å². The number of carbonyl (C=O) groups is 2. The first-order chi connectivity index (χ1) is 16.0. The maximum absolute atomic E-state index is 12.7. The molecular weight excluding hydrogens is 428 g/mol. The van der Waals surface area contributed by atoms with E-state index in [1.165, 1.54) is 12.4 Å². The number of nitrogens with zero attached hydrogens (tertiary/aromatic N) is 6. The highest BCUT2D eigenvalue weighted by atomic mass is 16.6. The van der Waals surface area contributed by atoms with Crippen molar-refractivity contribution in [1.29, 1.82) is 0 Å². The van der Waals surface area contributed by atoms with E-state index in [0.29, 0.717) is 30.8 Å². The zero-order valence-electron chi connectivity index (χ0n) is 18.7. The molecule has 2 aromatic heterocycles. The summed E-state index contributed by atoms with van der Waals surface area (Å²) in [4.78, 5) is 45.2. The number of anilines is 2. The van der Waals surface area contributed by atoms with Crippen LogP contribution in [0.15, 0.2) is 24.7 Å². The van der Waals surface area contributed by atoms with Gasteiger partial charge < -0.3 is 24.6 Å². The van der Waals surface area contributed by atoms with Gasteiger partial charge in [-0.05, 0) is 32.6 Å². The molecule has 1 saturated carbocycles. The Hall–Kier alpha value is -3.70.